The van der Waals surface area contributed by atoms with Gasteiger partial charge in [-0.3, -0.25) is 14.5 Å². The van der Waals surface area contributed by atoms with Crippen LogP contribution < -0.4 is 15.0 Å². The molecule has 8 heteroatoms. The van der Waals surface area contributed by atoms with Crippen molar-refractivity contribution in [3.8, 4) is 16.9 Å². The Bertz CT molecular complexity index is 1520. The van der Waals surface area contributed by atoms with Gasteiger partial charge in [-0.1, -0.05) is 63.2 Å². The Morgan fingerprint density at radius 1 is 1.00 bits per heavy atom. The molecule has 1 aliphatic heterocycles. The molecule has 0 spiro atoms. The highest BCUT2D eigenvalue weighted by atomic mass is 32.9. The van der Waals surface area contributed by atoms with Gasteiger partial charge in [0.1, 0.15) is 9.57 Å². The number of benzene rings is 3. The van der Waals surface area contributed by atoms with Gasteiger partial charge in [-0.15, -0.1) is 0 Å². The number of amides is 2. The SMILES string of the molecule is CCOc1ccc2c(c1)-c1c(ssc1=S)C(C)(C)N2C(=O)c1ccccc1NC(=O)c1ccccc1. The Balaban J connectivity index is 1.61. The van der Waals surface area contributed by atoms with Crippen molar-refractivity contribution in [2.45, 2.75) is 26.3 Å². The maximum absolute atomic E-state index is 14.3. The molecule has 4 aromatic rings. The lowest BCUT2D eigenvalue weighted by molar-refractivity contribution is 0.0962. The summed E-state index contributed by atoms with van der Waals surface area (Å²) in [5, 5.41) is 2.93. The van der Waals surface area contributed by atoms with Gasteiger partial charge in [0.2, 0.25) is 0 Å². The summed E-state index contributed by atoms with van der Waals surface area (Å²) in [7, 11) is 3.15. The van der Waals surface area contributed by atoms with Gasteiger partial charge in [0, 0.05) is 16.7 Å². The summed E-state index contributed by atoms with van der Waals surface area (Å²) in [6.07, 6.45) is 0. The maximum atomic E-state index is 14.3. The van der Waals surface area contributed by atoms with E-state index in [-0.39, 0.29) is 11.8 Å². The van der Waals surface area contributed by atoms with E-state index in [0.29, 0.717) is 23.4 Å². The van der Waals surface area contributed by atoms with Gasteiger partial charge < -0.3 is 10.1 Å². The molecule has 0 bridgehead atoms. The lowest BCUT2D eigenvalue weighted by Crippen LogP contribution is -2.48. The van der Waals surface area contributed by atoms with Crippen LogP contribution in [-0.2, 0) is 5.54 Å². The molecule has 2 heterocycles. The van der Waals surface area contributed by atoms with Crippen LogP contribution in [0.1, 0.15) is 46.4 Å². The third kappa shape index (κ3) is 4.15. The second-order valence-corrected chi connectivity index (χ2v) is 11.7. The lowest BCUT2D eigenvalue weighted by Gasteiger charge is -2.43. The first-order valence-electron chi connectivity index (χ1n) is 11.5. The first kappa shape index (κ1) is 24.4. The van der Waals surface area contributed by atoms with Crippen LogP contribution in [0.15, 0.2) is 72.8 Å². The van der Waals surface area contributed by atoms with Crippen molar-refractivity contribution in [1.29, 1.82) is 0 Å². The molecule has 1 N–H and O–H groups in total. The Kier molecular flexibility index (Phi) is 6.51. The zero-order valence-corrected chi connectivity index (χ0v) is 22.5. The second kappa shape index (κ2) is 9.61. The van der Waals surface area contributed by atoms with Crippen molar-refractivity contribution in [3.05, 3.63) is 92.6 Å². The highest BCUT2D eigenvalue weighted by Gasteiger charge is 2.43. The minimum atomic E-state index is -0.651. The van der Waals surface area contributed by atoms with Gasteiger partial charge in [0.15, 0.2) is 0 Å². The summed E-state index contributed by atoms with van der Waals surface area (Å²) >= 11 is 5.71. The molecule has 1 aromatic heterocycles. The summed E-state index contributed by atoms with van der Waals surface area (Å²) in [6.45, 7) is 6.55. The summed E-state index contributed by atoms with van der Waals surface area (Å²) in [6, 6.07) is 21.8. The van der Waals surface area contributed by atoms with Crippen LogP contribution in [0.3, 0.4) is 0 Å². The number of nitrogens with zero attached hydrogens (tertiary/aromatic N) is 1. The van der Waals surface area contributed by atoms with Gasteiger partial charge in [-0.05, 0) is 63.2 Å². The van der Waals surface area contributed by atoms with E-state index in [1.54, 1.807) is 51.0 Å². The molecule has 0 unspecified atom stereocenters. The average molecular weight is 533 g/mol. The highest BCUT2D eigenvalue weighted by Crippen LogP contribution is 2.53. The average Bonchev–Trinajstić information content (AvgIpc) is 3.28. The van der Waals surface area contributed by atoms with Crippen LogP contribution in [0.4, 0.5) is 11.4 Å². The molecule has 0 fully saturated rings. The molecule has 0 aliphatic carbocycles. The van der Waals surface area contributed by atoms with Crippen LogP contribution in [0.25, 0.3) is 11.1 Å². The zero-order chi connectivity index (χ0) is 25.4. The largest absolute Gasteiger partial charge is 0.494 e. The number of carbonyl (C=O) groups is 2. The number of nitrogens with one attached hydrogen (secondary N) is 1. The van der Waals surface area contributed by atoms with Gasteiger partial charge in [0.05, 0.1) is 34.0 Å². The number of hydrogen-bond donors (Lipinski definition) is 1. The van der Waals surface area contributed by atoms with Gasteiger partial charge >= 0.3 is 0 Å². The Labute approximate surface area is 222 Å². The van der Waals surface area contributed by atoms with E-state index in [2.05, 4.69) is 5.32 Å². The first-order valence-corrected chi connectivity index (χ1v) is 14.1. The molecular formula is C28H24N2O3S3. The number of para-hydroxylation sites is 1. The number of ether oxygens (including phenoxy) is 1. The van der Waals surface area contributed by atoms with E-state index in [1.807, 2.05) is 68.1 Å². The van der Waals surface area contributed by atoms with Crippen molar-refractivity contribution in [2.24, 2.45) is 0 Å². The molecule has 2 amide bonds. The normalized spacial score (nSPS) is 13.5. The van der Waals surface area contributed by atoms with E-state index in [9.17, 15) is 9.59 Å². The van der Waals surface area contributed by atoms with Crippen molar-refractivity contribution < 1.29 is 14.3 Å². The molecule has 1 aliphatic rings. The number of carbonyl (C=O) groups excluding carboxylic acids is 2. The minimum Gasteiger partial charge on any atom is -0.494 e. The van der Waals surface area contributed by atoms with Crippen LogP contribution in [0.2, 0.25) is 0 Å². The van der Waals surface area contributed by atoms with E-state index >= 15 is 0 Å². The molecule has 0 atom stereocenters. The summed E-state index contributed by atoms with van der Waals surface area (Å²) in [5.74, 6) is 0.258. The number of hydrogen-bond acceptors (Lipinski definition) is 6. The summed E-state index contributed by atoms with van der Waals surface area (Å²) < 4.78 is 6.57. The van der Waals surface area contributed by atoms with E-state index in [4.69, 9.17) is 17.0 Å². The Hall–Kier alpha value is -3.33. The zero-order valence-electron chi connectivity index (χ0n) is 20.0. The fourth-order valence-corrected chi connectivity index (χ4v) is 7.79. The maximum Gasteiger partial charge on any atom is 0.261 e. The quantitative estimate of drug-likeness (QED) is 0.211. The van der Waals surface area contributed by atoms with Crippen LogP contribution in [-0.4, -0.2) is 18.4 Å². The molecule has 3 aromatic carbocycles. The molecule has 5 rings (SSSR count). The highest BCUT2D eigenvalue weighted by molar-refractivity contribution is 7.80. The number of rotatable bonds is 5. The van der Waals surface area contributed by atoms with Crippen LogP contribution in [0, 0.1) is 3.82 Å². The van der Waals surface area contributed by atoms with Crippen molar-refractivity contribution in [1.82, 2.24) is 0 Å². The van der Waals surface area contributed by atoms with Gasteiger partial charge in [0.25, 0.3) is 11.8 Å². The summed E-state index contributed by atoms with van der Waals surface area (Å²) in [5.41, 5.74) is 3.39. The van der Waals surface area contributed by atoms with Crippen molar-refractivity contribution >= 4 is 56.1 Å². The predicted octanol–water partition coefficient (Wildman–Crippen LogP) is 7.75. The van der Waals surface area contributed by atoms with Crippen molar-refractivity contribution in [3.63, 3.8) is 0 Å². The third-order valence-corrected chi connectivity index (χ3v) is 9.51. The molecule has 5 nitrogen and oxygen atoms in total. The van der Waals surface area contributed by atoms with Crippen molar-refractivity contribution in [2.75, 3.05) is 16.8 Å². The topological polar surface area (TPSA) is 58.6 Å². The van der Waals surface area contributed by atoms with E-state index < -0.39 is 5.54 Å². The molecule has 36 heavy (non-hydrogen) atoms. The van der Waals surface area contributed by atoms with Gasteiger partial charge in [-0.2, -0.15) is 0 Å². The van der Waals surface area contributed by atoms with Crippen LogP contribution >= 0.6 is 32.9 Å². The Morgan fingerprint density at radius 3 is 2.47 bits per heavy atom. The summed E-state index contributed by atoms with van der Waals surface area (Å²) in [4.78, 5) is 30.0. The van der Waals surface area contributed by atoms with Crippen LogP contribution in [0.5, 0.6) is 5.75 Å². The monoisotopic (exact) mass is 532 g/mol. The molecule has 0 saturated carbocycles. The minimum absolute atomic E-state index is 0.204. The third-order valence-electron chi connectivity index (χ3n) is 6.18. The Morgan fingerprint density at radius 2 is 1.72 bits per heavy atom. The fraction of sp³-hybridized carbons (Fsp3) is 0.179. The number of fused-ring (bicyclic) bond motifs is 3. The predicted molar refractivity (Wildman–Crippen MR) is 150 cm³/mol. The second-order valence-electron chi connectivity index (χ2n) is 8.84. The lowest BCUT2D eigenvalue weighted by atomic mass is 9.86. The molecule has 0 saturated heterocycles. The standard InChI is InChI=1S/C28H24N2O3S3/c1-4-33-18-14-15-22-20(16-18)23-24(35-36-27(23)34)28(2,3)30(22)26(32)19-12-8-9-13-21(19)29-25(31)17-10-6-5-7-11-17/h5-16H,4H2,1-3H3,(H,29,31). The molecule has 0 radical (unpaired) electrons. The number of anilines is 2. The smallest absolute Gasteiger partial charge is 0.261 e. The van der Waals surface area contributed by atoms with E-state index in [0.717, 1.165) is 31.3 Å². The fourth-order valence-electron chi connectivity index (χ4n) is 4.51. The van der Waals surface area contributed by atoms with E-state index in [1.165, 1.54) is 0 Å². The van der Waals surface area contributed by atoms with Gasteiger partial charge in [-0.25, -0.2) is 0 Å². The molecular weight excluding hydrogens is 509 g/mol. The first-order chi connectivity index (χ1) is 17.3. The molecule has 182 valence electrons.